The highest BCUT2D eigenvalue weighted by Gasteiger charge is 2.29. The predicted octanol–water partition coefficient (Wildman–Crippen LogP) is 6.89. The van der Waals surface area contributed by atoms with Gasteiger partial charge in [-0.2, -0.15) is 4.31 Å². The first-order chi connectivity index (χ1) is 16.3. The molecule has 0 heterocycles. The number of hydrogen-bond donors (Lipinski definition) is 0. The smallest absolute Gasteiger partial charge is 0.271 e. The van der Waals surface area contributed by atoms with E-state index in [1.165, 1.54) is 30.3 Å². The number of carbonyl (C=O) groups is 1. The van der Waals surface area contributed by atoms with Gasteiger partial charge in [0.25, 0.3) is 15.9 Å². The van der Waals surface area contributed by atoms with Gasteiger partial charge in [0.05, 0.1) is 22.2 Å². The molecule has 178 valence electrons. The number of hydrogen-bond acceptors (Lipinski definition) is 4. The number of unbranched alkanes of at least 4 members (excludes halogenated alkanes) is 1. The van der Waals surface area contributed by atoms with E-state index in [9.17, 15) is 13.2 Å². The van der Waals surface area contributed by atoms with Crippen LogP contribution in [-0.4, -0.2) is 21.4 Å². The maximum absolute atomic E-state index is 13.5. The van der Waals surface area contributed by atoms with E-state index in [1.54, 1.807) is 43.5 Å². The van der Waals surface area contributed by atoms with E-state index >= 15 is 0 Å². The van der Waals surface area contributed by atoms with Crippen LogP contribution in [0.5, 0.6) is 5.75 Å². The number of rotatable bonds is 9. The second-order valence-corrected chi connectivity index (χ2v) is 10.6. The van der Waals surface area contributed by atoms with Crippen molar-refractivity contribution in [2.75, 3.05) is 11.4 Å². The van der Waals surface area contributed by atoms with Crippen LogP contribution < -0.4 is 9.04 Å². The van der Waals surface area contributed by atoms with Crippen molar-refractivity contribution in [3.05, 3.63) is 93.4 Å². The van der Waals surface area contributed by atoms with E-state index in [1.807, 2.05) is 12.1 Å². The van der Waals surface area contributed by atoms with Gasteiger partial charge in [0.15, 0.2) is 0 Å². The number of methoxy groups -OCH3 is 1. The number of sulfonamides is 1. The summed E-state index contributed by atoms with van der Waals surface area (Å²) in [7, 11) is -2.62. The zero-order chi connectivity index (χ0) is 24.7. The first-order valence-corrected chi connectivity index (χ1v) is 13.3. The Bertz CT molecular complexity index is 1270. The fourth-order valence-corrected chi connectivity index (χ4v) is 5.37. The van der Waals surface area contributed by atoms with Crippen molar-refractivity contribution in [3.8, 4) is 5.75 Å². The predicted molar refractivity (Wildman–Crippen MR) is 141 cm³/mol. The average Bonchev–Trinajstić information content (AvgIpc) is 2.82. The molecule has 0 N–H and O–H groups in total. The van der Waals surface area contributed by atoms with Crippen molar-refractivity contribution in [2.24, 2.45) is 0 Å². The lowest BCUT2D eigenvalue weighted by atomic mass is 10.1. The molecule has 0 aromatic heterocycles. The van der Waals surface area contributed by atoms with Crippen LogP contribution in [0.1, 0.15) is 30.9 Å². The van der Waals surface area contributed by atoms with Gasteiger partial charge in [-0.1, -0.05) is 43.1 Å². The Balaban J connectivity index is 1.99. The van der Waals surface area contributed by atoms with Crippen molar-refractivity contribution in [1.29, 1.82) is 0 Å². The number of amides is 1. The molecule has 0 saturated carbocycles. The molecule has 0 spiro atoms. The van der Waals surface area contributed by atoms with Crippen LogP contribution in [0.2, 0.25) is 5.02 Å². The molecule has 3 rings (SSSR count). The van der Waals surface area contributed by atoms with Gasteiger partial charge >= 0.3 is 0 Å². The number of benzene rings is 3. The first kappa shape index (κ1) is 26.0. The maximum atomic E-state index is 13.5. The Labute approximate surface area is 214 Å². The quantitative estimate of drug-likeness (QED) is 0.266. The topological polar surface area (TPSA) is 63.7 Å². The number of carbonyl (C=O) groups excluding carboxylic acids is 1. The van der Waals surface area contributed by atoms with E-state index in [0.717, 1.165) is 33.6 Å². The van der Waals surface area contributed by atoms with E-state index in [0.29, 0.717) is 16.3 Å². The molecule has 0 bridgehead atoms. The number of halogens is 2. The standard InChI is InChI=1S/C26H25BrClNO4S/c1-3-4-5-19-6-12-22(13-7-19)29(34(31,32)23-14-10-21(28)11-15-23)26(30)17-9-20-8-16-25(33-2)24(27)18-20/h6-18H,3-5H2,1-2H3/b17-9+. The highest BCUT2D eigenvalue weighted by atomic mass is 79.9. The molecule has 0 saturated heterocycles. The summed E-state index contributed by atoms with van der Waals surface area (Å²) in [6.07, 6.45) is 5.79. The molecule has 34 heavy (non-hydrogen) atoms. The number of aryl methyl sites for hydroxylation is 1. The van der Waals surface area contributed by atoms with Crippen LogP contribution in [-0.2, 0) is 21.2 Å². The largest absolute Gasteiger partial charge is 0.496 e. The van der Waals surface area contributed by atoms with E-state index in [2.05, 4.69) is 22.9 Å². The Morgan fingerprint density at radius 2 is 1.74 bits per heavy atom. The molecular formula is C26H25BrClNO4S. The second kappa shape index (κ2) is 11.7. The molecule has 0 unspecified atom stereocenters. The van der Waals surface area contributed by atoms with Gasteiger partial charge in [-0.25, -0.2) is 8.42 Å². The highest BCUT2D eigenvalue weighted by Crippen LogP contribution is 2.28. The van der Waals surface area contributed by atoms with Crippen LogP contribution in [0, 0.1) is 0 Å². The number of ether oxygens (including phenoxy) is 1. The monoisotopic (exact) mass is 561 g/mol. The van der Waals surface area contributed by atoms with Crippen molar-refractivity contribution < 1.29 is 17.9 Å². The van der Waals surface area contributed by atoms with Crippen molar-refractivity contribution in [2.45, 2.75) is 31.1 Å². The minimum absolute atomic E-state index is 0.0269. The molecule has 3 aromatic carbocycles. The second-order valence-electron chi connectivity index (χ2n) is 7.56. The lowest BCUT2D eigenvalue weighted by Gasteiger charge is -2.22. The first-order valence-electron chi connectivity index (χ1n) is 10.7. The lowest BCUT2D eigenvalue weighted by molar-refractivity contribution is -0.113. The summed E-state index contributed by atoms with van der Waals surface area (Å²) in [6, 6.07) is 18.1. The van der Waals surface area contributed by atoms with Gasteiger partial charge in [-0.15, -0.1) is 0 Å². The Kier molecular flexibility index (Phi) is 8.94. The lowest BCUT2D eigenvalue weighted by Crippen LogP contribution is -2.35. The van der Waals surface area contributed by atoms with Gasteiger partial charge in [0.1, 0.15) is 5.75 Å². The molecule has 0 fully saturated rings. The Hall–Kier alpha value is -2.61. The third-order valence-corrected chi connectivity index (χ3v) is 7.75. The van der Waals surface area contributed by atoms with Gasteiger partial charge in [0.2, 0.25) is 0 Å². The van der Waals surface area contributed by atoms with Crippen LogP contribution in [0.25, 0.3) is 6.08 Å². The average molecular weight is 563 g/mol. The summed E-state index contributed by atoms with van der Waals surface area (Å²) in [5.74, 6) is -0.0400. The molecule has 0 radical (unpaired) electrons. The van der Waals surface area contributed by atoms with Gasteiger partial charge in [0, 0.05) is 11.1 Å². The fourth-order valence-electron chi connectivity index (χ4n) is 3.30. The maximum Gasteiger partial charge on any atom is 0.271 e. The summed E-state index contributed by atoms with van der Waals surface area (Å²) in [5.41, 5.74) is 2.06. The van der Waals surface area contributed by atoms with Crippen LogP contribution in [0.15, 0.2) is 82.2 Å². The van der Waals surface area contributed by atoms with Crippen LogP contribution in [0.4, 0.5) is 5.69 Å². The van der Waals surface area contributed by atoms with Crippen LogP contribution in [0.3, 0.4) is 0 Å². The molecule has 0 aliphatic carbocycles. The van der Waals surface area contributed by atoms with E-state index in [4.69, 9.17) is 16.3 Å². The number of anilines is 1. The Morgan fingerprint density at radius 3 is 2.32 bits per heavy atom. The minimum atomic E-state index is -4.18. The normalized spacial score (nSPS) is 11.5. The summed E-state index contributed by atoms with van der Waals surface area (Å²) < 4.78 is 33.7. The van der Waals surface area contributed by atoms with Crippen LogP contribution >= 0.6 is 27.5 Å². The Morgan fingerprint density at radius 1 is 1.06 bits per heavy atom. The van der Waals surface area contributed by atoms with Crippen molar-refractivity contribution >= 4 is 55.2 Å². The fraction of sp³-hybridized carbons (Fsp3) is 0.192. The van der Waals surface area contributed by atoms with Gasteiger partial charge in [-0.05, 0) is 94.5 Å². The molecule has 8 heteroatoms. The SMILES string of the molecule is CCCCc1ccc(N(C(=O)/C=C/c2ccc(OC)c(Br)c2)S(=O)(=O)c2ccc(Cl)cc2)cc1. The van der Waals surface area contributed by atoms with Gasteiger partial charge in [-0.3, -0.25) is 4.79 Å². The zero-order valence-corrected chi connectivity index (χ0v) is 22.0. The van der Waals surface area contributed by atoms with Crippen molar-refractivity contribution in [3.63, 3.8) is 0 Å². The third-order valence-electron chi connectivity index (χ3n) is 5.14. The number of nitrogens with zero attached hydrogens (tertiary/aromatic N) is 1. The highest BCUT2D eigenvalue weighted by molar-refractivity contribution is 9.10. The molecule has 0 aliphatic rings. The summed E-state index contributed by atoms with van der Waals surface area (Å²) in [6.45, 7) is 2.11. The minimum Gasteiger partial charge on any atom is -0.496 e. The zero-order valence-electron chi connectivity index (χ0n) is 18.9. The third kappa shape index (κ3) is 6.29. The molecule has 3 aromatic rings. The van der Waals surface area contributed by atoms with Crippen molar-refractivity contribution in [1.82, 2.24) is 0 Å². The molecular weight excluding hydrogens is 538 g/mol. The summed E-state index contributed by atoms with van der Waals surface area (Å²) >= 11 is 9.34. The molecule has 0 aliphatic heterocycles. The van der Waals surface area contributed by atoms with E-state index < -0.39 is 15.9 Å². The summed E-state index contributed by atoms with van der Waals surface area (Å²) in [4.78, 5) is 13.2. The van der Waals surface area contributed by atoms with E-state index in [-0.39, 0.29) is 10.6 Å². The van der Waals surface area contributed by atoms with Gasteiger partial charge < -0.3 is 4.74 Å². The molecule has 5 nitrogen and oxygen atoms in total. The molecule has 0 atom stereocenters. The molecule has 1 amide bonds. The summed E-state index contributed by atoms with van der Waals surface area (Å²) in [5, 5.41) is 0.405.